The van der Waals surface area contributed by atoms with E-state index in [9.17, 15) is 4.79 Å². The van der Waals surface area contributed by atoms with Gasteiger partial charge in [0, 0.05) is 43.0 Å². The monoisotopic (exact) mass is 327 g/mol. The first-order valence-corrected chi connectivity index (χ1v) is 8.49. The smallest absolute Gasteiger partial charge is 0.292 e. The van der Waals surface area contributed by atoms with E-state index >= 15 is 0 Å². The highest BCUT2D eigenvalue weighted by atomic mass is 16.5. The number of hydrogen-bond donors (Lipinski definition) is 0. The van der Waals surface area contributed by atoms with E-state index in [1.807, 2.05) is 11.8 Å². The summed E-state index contributed by atoms with van der Waals surface area (Å²) in [6, 6.07) is 4.69. The Morgan fingerprint density at radius 2 is 1.96 bits per heavy atom. The molecule has 2 aromatic heterocycles. The van der Waals surface area contributed by atoms with Crippen molar-refractivity contribution in [3.63, 3.8) is 0 Å². The SMILES string of the molecule is Cc1cc(N(C2CC2)C2CCN(C(=O)c3ccno3)CC2)ncn1. The number of nitrogens with zero attached hydrogens (tertiary/aromatic N) is 5. The molecular formula is C17H21N5O2. The van der Waals surface area contributed by atoms with Gasteiger partial charge in [0.05, 0.1) is 6.20 Å². The molecule has 4 rings (SSSR count). The molecule has 0 radical (unpaired) electrons. The molecular weight excluding hydrogens is 306 g/mol. The molecule has 1 aliphatic carbocycles. The number of aromatic nitrogens is 3. The Balaban J connectivity index is 1.45. The highest BCUT2D eigenvalue weighted by molar-refractivity contribution is 5.91. The third kappa shape index (κ3) is 2.98. The zero-order valence-electron chi connectivity index (χ0n) is 13.8. The van der Waals surface area contributed by atoms with Crippen molar-refractivity contribution in [2.45, 2.75) is 44.7 Å². The van der Waals surface area contributed by atoms with Gasteiger partial charge in [0.25, 0.3) is 5.91 Å². The molecule has 1 saturated heterocycles. The Hall–Kier alpha value is -2.44. The number of carbonyl (C=O) groups is 1. The van der Waals surface area contributed by atoms with Gasteiger partial charge in [0.1, 0.15) is 12.1 Å². The van der Waals surface area contributed by atoms with E-state index in [4.69, 9.17) is 4.52 Å². The fourth-order valence-corrected chi connectivity index (χ4v) is 3.44. The van der Waals surface area contributed by atoms with Crippen LogP contribution < -0.4 is 4.90 Å². The zero-order chi connectivity index (χ0) is 16.5. The van der Waals surface area contributed by atoms with E-state index in [0.717, 1.165) is 37.4 Å². The van der Waals surface area contributed by atoms with Crippen molar-refractivity contribution in [1.29, 1.82) is 0 Å². The van der Waals surface area contributed by atoms with Crippen molar-refractivity contribution in [2.75, 3.05) is 18.0 Å². The minimum absolute atomic E-state index is 0.0678. The van der Waals surface area contributed by atoms with Crippen LogP contribution in [0.15, 0.2) is 29.2 Å². The molecule has 7 heteroatoms. The van der Waals surface area contributed by atoms with Crippen molar-refractivity contribution in [3.05, 3.63) is 36.1 Å². The predicted octanol–water partition coefficient (Wildman–Crippen LogP) is 2.05. The van der Waals surface area contributed by atoms with Crippen LogP contribution in [0, 0.1) is 6.92 Å². The molecule has 0 atom stereocenters. The normalized spacial score (nSPS) is 18.6. The summed E-state index contributed by atoms with van der Waals surface area (Å²) in [7, 11) is 0. The number of piperidine rings is 1. The van der Waals surface area contributed by atoms with Crippen molar-refractivity contribution in [1.82, 2.24) is 20.0 Å². The second-order valence-corrected chi connectivity index (χ2v) is 6.56. The van der Waals surface area contributed by atoms with Crippen molar-refractivity contribution in [2.24, 2.45) is 0 Å². The van der Waals surface area contributed by atoms with E-state index < -0.39 is 0 Å². The summed E-state index contributed by atoms with van der Waals surface area (Å²) < 4.78 is 4.98. The van der Waals surface area contributed by atoms with Gasteiger partial charge < -0.3 is 14.3 Å². The van der Waals surface area contributed by atoms with Crippen LogP contribution >= 0.6 is 0 Å². The van der Waals surface area contributed by atoms with Gasteiger partial charge in [-0.2, -0.15) is 0 Å². The van der Waals surface area contributed by atoms with Crippen LogP contribution in [0.4, 0.5) is 5.82 Å². The van der Waals surface area contributed by atoms with Crippen LogP contribution in [0.5, 0.6) is 0 Å². The largest absolute Gasteiger partial charge is 0.351 e. The van der Waals surface area contributed by atoms with E-state index in [1.165, 1.54) is 19.0 Å². The number of anilines is 1. The molecule has 3 heterocycles. The maximum Gasteiger partial charge on any atom is 0.292 e. The second-order valence-electron chi connectivity index (χ2n) is 6.56. The second kappa shape index (κ2) is 6.22. The molecule has 126 valence electrons. The lowest BCUT2D eigenvalue weighted by Crippen LogP contribution is -2.48. The molecule has 0 bridgehead atoms. The van der Waals surface area contributed by atoms with Gasteiger partial charge in [-0.05, 0) is 32.6 Å². The first kappa shape index (κ1) is 15.1. The summed E-state index contributed by atoms with van der Waals surface area (Å²) in [4.78, 5) is 25.3. The van der Waals surface area contributed by atoms with Gasteiger partial charge in [-0.25, -0.2) is 9.97 Å². The average molecular weight is 327 g/mol. The van der Waals surface area contributed by atoms with Crippen molar-refractivity contribution in [3.8, 4) is 0 Å². The lowest BCUT2D eigenvalue weighted by molar-refractivity contribution is 0.0670. The van der Waals surface area contributed by atoms with Gasteiger partial charge >= 0.3 is 0 Å². The fraction of sp³-hybridized carbons (Fsp3) is 0.529. The summed E-state index contributed by atoms with van der Waals surface area (Å²) >= 11 is 0. The van der Waals surface area contributed by atoms with Gasteiger partial charge in [-0.3, -0.25) is 4.79 Å². The minimum Gasteiger partial charge on any atom is -0.351 e. The summed E-state index contributed by atoms with van der Waals surface area (Å²) in [5.41, 5.74) is 0.989. The summed E-state index contributed by atoms with van der Waals surface area (Å²) in [6.45, 7) is 3.46. The highest BCUT2D eigenvalue weighted by Gasteiger charge is 2.37. The zero-order valence-corrected chi connectivity index (χ0v) is 13.8. The standard InChI is InChI=1S/C17H21N5O2/c1-12-10-16(19-11-18-12)22(13-2-3-13)14-5-8-21(9-6-14)17(23)15-4-7-20-24-15/h4,7,10-11,13-14H,2-3,5-6,8-9H2,1H3. The summed E-state index contributed by atoms with van der Waals surface area (Å²) in [5, 5.41) is 3.62. The van der Waals surface area contributed by atoms with Crippen molar-refractivity contribution < 1.29 is 9.32 Å². The number of amides is 1. The Morgan fingerprint density at radius 1 is 1.21 bits per heavy atom. The quantitative estimate of drug-likeness (QED) is 0.855. The van der Waals surface area contributed by atoms with E-state index in [1.54, 1.807) is 12.4 Å². The Morgan fingerprint density at radius 3 is 2.58 bits per heavy atom. The van der Waals surface area contributed by atoms with Gasteiger partial charge in [0.2, 0.25) is 5.76 Å². The Kier molecular flexibility index (Phi) is 3.92. The number of aryl methyl sites for hydroxylation is 1. The molecule has 0 unspecified atom stereocenters. The third-order valence-electron chi connectivity index (χ3n) is 4.79. The first-order chi connectivity index (χ1) is 11.7. The molecule has 0 aromatic carbocycles. The number of hydrogen-bond acceptors (Lipinski definition) is 6. The van der Waals surface area contributed by atoms with Crippen LogP contribution in [0.2, 0.25) is 0 Å². The van der Waals surface area contributed by atoms with Gasteiger partial charge in [-0.15, -0.1) is 0 Å². The maximum absolute atomic E-state index is 12.4. The van der Waals surface area contributed by atoms with Crippen LogP contribution in [-0.2, 0) is 0 Å². The molecule has 24 heavy (non-hydrogen) atoms. The van der Waals surface area contributed by atoms with Gasteiger partial charge in [-0.1, -0.05) is 5.16 Å². The van der Waals surface area contributed by atoms with E-state index in [2.05, 4.69) is 26.1 Å². The Bertz CT molecular complexity index is 706. The minimum atomic E-state index is -0.0678. The molecule has 2 aliphatic rings. The maximum atomic E-state index is 12.4. The topological polar surface area (TPSA) is 75.4 Å². The molecule has 2 aromatic rings. The van der Waals surface area contributed by atoms with Crippen LogP contribution in [-0.4, -0.2) is 51.1 Å². The fourth-order valence-electron chi connectivity index (χ4n) is 3.44. The van der Waals surface area contributed by atoms with Crippen LogP contribution in [0.25, 0.3) is 0 Å². The molecule has 0 N–H and O–H groups in total. The third-order valence-corrected chi connectivity index (χ3v) is 4.79. The molecule has 0 spiro atoms. The van der Waals surface area contributed by atoms with Crippen LogP contribution in [0.1, 0.15) is 41.9 Å². The number of rotatable bonds is 4. The summed E-state index contributed by atoms with van der Waals surface area (Å²) in [6.07, 6.45) is 7.48. The summed E-state index contributed by atoms with van der Waals surface area (Å²) in [5.74, 6) is 1.27. The van der Waals surface area contributed by atoms with Crippen molar-refractivity contribution >= 4 is 11.7 Å². The molecule has 7 nitrogen and oxygen atoms in total. The molecule has 1 saturated carbocycles. The van der Waals surface area contributed by atoms with E-state index in [0.29, 0.717) is 17.8 Å². The number of likely N-dealkylation sites (tertiary alicyclic amines) is 1. The first-order valence-electron chi connectivity index (χ1n) is 8.49. The van der Waals surface area contributed by atoms with Crippen LogP contribution in [0.3, 0.4) is 0 Å². The van der Waals surface area contributed by atoms with Gasteiger partial charge in [0.15, 0.2) is 0 Å². The highest BCUT2D eigenvalue weighted by Crippen LogP contribution is 2.35. The predicted molar refractivity (Wildman–Crippen MR) is 87.7 cm³/mol. The average Bonchev–Trinajstić information content (AvgIpc) is 3.27. The Labute approximate surface area is 140 Å². The number of carbonyl (C=O) groups excluding carboxylic acids is 1. The molecule has 1 aliphatic heterocycles. The van der Waals surface area contributed by atoms with E-state index in [-0.39, 0.29) is 5.91 Å². The molecule has 1 amide bonds. The lowest BCUT2D eigenvalue weighted by atomic mass is 10.0. The lowest BCUT2D eigenvalue weighted by Gasteiger charge is -2.39. The molecule has 2 fully saturated rings.